The minimum Gasteiger partial charge on any atom is -0.479 e. The van der Waals surface area contributed by atoms with E-state index in [9.17, 15) is 9.59 Å². The molecule has 1 amide bonds. The Bertz CT molecular complexity index is 1010. The van der Waals surface area contributed by atoms with E-state index in [4.69, 9.17) is 21.4 Å². The van der Waals surface area contributed by atoms with E-state index in [0.717, 1.165) is 21.3 Å². The summed E-state index contributed by atoms with van der Waals surface area (Å²) >= 11 is 7.38. The molecule has 0 radical (unpaired) electrons. The summed E-state index contributed by atoms with van der Waals surface area (Å²) in [5, 5.41) is 13.1. The Morgan fingerprint density at radius 1 is 1.39 bits per heavy atom. The average Bonchev–Trinajstić information content (AvgIpc) is 3.30. The van der Waals surface area contributed by atoms with Crippen LogP contribution in [0.1, 0.15) is 34.5 Å². The van der Waals surface area contributed by atoms with Gasteiger partial charge in [0.05, 0.1) is 10.9 Å². The number of amides is 1. The number of benzene rings is 1. The lowest BCUT2D eigenvalue weighted by Gasteiger charge is -2.22. The fourth-order valence-corrected chi connectivity index (χ4v) is 4.74. The highest BCUT2D eigenvalue weighted by atomic mass is 35.5. The van der Waals surface area contributed by atoms with Crippen LogP contribution < -0.4 is 5.32 Å². The number of rotatable bonds is 6. The van der Waals surface area contributed by atoms with Crippen LogP contribution >= 0.6 is 22.9 Å². The van der Waals surface area contributed by atoms with Crippen LogP contribution in [-0.4, -0.2) is 40.7 Å². The molecule has 6 nitrogen and oxygen atoms in total. The molecule has 2 aromatic heterocycles. The second-order valence-electron chi connectivity index (χ2n) is 6.92. The van der Waals surface area contributed by atoms with Crippen LogP contribution in [0.25, 0.3) is 10.2 Å². The van der Waals surface area contributed by atoms with Gasteiger partial charge in [-0.3, -0.25) is 4.79 Å². The number of hydrogen-bond acceptors (Lipinski definition) is 4. The number of halogens is 1. The van der Waals surface area contributed by atoms with Gasteiger partial charge in [-0.15, -0.1) is 11.3 Å². The van der Waals surface area contributed by atoms with Crippen LogP contribution in [0.15, 0.2) is 36.4 Å². The van der Waals surface area contributed by atoms with Gasteiger partial charge in [-0.05, 0) is 36.6 Å². The van der Waals surface area contributed by atoms with Gasteiger partial charge >= 0.3 is 5.97 Å². The first-order valence-corrected chi connectivity index (χ1v) is 10.1. The topological polar surface area (TPSA) is 91.4 Å². The van der Waals surface area contributed by atoms with E-state index in [1.165, 1.54) is 18.3 Å². The highest BCUT2D eigenvalue weighted by molar-refractivity contribution is 7.22. The first-order chi connectivity index (χ1) is 13.4. The molecule has 3 atom stereocenters. The molecular weight excluding hydrogens is 400 g/mol. The zero-order valence-corrected chi connectivity index (χ0v) is 16.6. The third-order valence-electron chi connectivity index (χ3n) is 5.09. The standard InChI is InChI=1S/C20H19ClN2O4S/c1-10(20(25)26)27-9-14-13-5-3-2-4-11(13)6-15(14)22-18(24)16-7-12-8-17(21)28-19(12)23-16/h2-5,7-8,10,14-15,23H,6,9H2,1H3,(H,22,24)(H,25,26)/t10?,14-,15-/m1/s1. The van der Waals surface area contributed by atoms with Crippen LogP contribution in [0.2, 0.25) is 4.34 Å². The number of nitrogens with one attached hydrogen (secondary N) is 2. The second kappa shape index (κ2) is 7.58. The van der Waals surface area contributed by atoms with Gasteiger partial charge in [-0.1, -0.05) is 35.9 Å². The molecule has 3 N–H and O–H groups in total. The lowest BCUT2D eigenvalue weighted by Crippen LogP contribution is -2.40. The highest BCUT2D eigenvalue weighted by Gasteiger charge is 2.34. The van der Waals surface area contributed by atoms with Gasteiger partial charge in [0.15, 0.2) is 6.10 Å². The van der Waals surface area contributed by atoms with Crippen molar-refractivity contribution in [3.05, 3.63) is 57.6 Å². The number of H-pyrrole nitrogens is 1. The maximum absolute atomic E-state index is 12.8. The Hall–Kier alpha value is -2.35. The molecule has 1 aliphatic carbocycles. The quantitative estimate of drug-likeness (QED) is 0.567. The summed E-state index contributed by atoms with van der Waals surface area (Å²) in [4.78, 5) is 27.8. The first kappa shape index (κ1) is 19.0. The second-order valence-corrected chi connectivity index (χ2v) is 8.60. The number of fused-ring (bicyclic) bond motifs is 2. The van der Waals surface area contributed by atoms with E-state index >= 15 is 0 Å². The van der Waals surface area contributed by atoms with E-state index in [-0.39, 0.29) is 24.5 Å². The first-order valence-electron chi connectivity index (χ1n) is 8.93. The Morgan fingerprint density at radius 3 is 2.93 bits per heavy atom. The maximum atomic E-state index is 12.8. The zero-order chi connectivity index (χ0) is 19.8. The molecule has 8 heteroatoms. The number of carbonyl (C=O) groups excluding carboxylic acids is 1. The minimum atomic E-state index is -1.00. The van der Waals surface area contributed by atoms with Gasteiger partial charge in [0.1, 0.15) is 10.5 Å². The van der Waals surface area contributed by atoms with Crippen molar-refractivity contribution in [1.29, 1.82) is 0 Å². The molecule has 0 spiro atoms. The number of hydrogen-bond donors (Lipinski definition) is 3. The number of thiophene rings is 1. The fourth-order valence-electron chi connectivity index (χ4n) is 3.62. The summed E-state index contributed by atoms with van der Waals surface area (Å²) in [5.74, 6) is -1.31. The number of ether oxygens (including phenoxy) is 1. The summed E-state index contributed by atoms with van der Waals surface area (Å²) in [6.07, 6.45) is -0.220. The van der Waals surface area contributed by atoms with E-state index in [1.54, 1.807) is 6.07 Å². The number of carboxylic acids is 1. The van der Waals surface area contributed by atoms with Gasteiger partial charge < -0.3 is 20.1 Å². The van der Waals surface area contributed by atoms with Gasteiger partial charge in [0.2, 0.25) is 0 Å². The zero-order valence-electron chi connectivity index (χ0n) is 15.1. The lowest BCUT2D eigenvalue weighted by atomic mass is 9.99. The summed E-state index contributed by atoms with van der Waals surface area (Å²) < 4.78 is 6.21. The molecular formula is C20H19ClN2O4S. The molecule has 0 aliphatic heterocycles. The third-order valence-corrected chi connectivity index (χ3v) is 6.29. The summed E-state index contributed by atoms with van der Waals surface area (Å²) in [5.41, 5.74) is 2.71. The van der Waals surface area contributed by atoms with Crippen molar-refractivity contribution in [2.45, 2.75) is 31.4 Å². The Kier molecular flexibility index (Phi) is 5.14. The molecule has 2 heterocycles. The molecule has 1 aromatic carbocycles. The molecule has 0 saturated heterocycles. The van der Waals surface area contributed by atoms with Crippen molar-refractivity contribution in [2.75, 3.05) is 6.61 Å². The molecule has 146 valence electrons. The number of carboxylic acid groups (broad SMARTS) is 1. The normalized spacial score (nSPS) is 19.5. The molecule has 3 aromatic rings. The largest absolute Gasteiger partial charge is 0.479 e. The average molecular weight is 419 g/mol. The molecule has 28 heavy (non-hydrogen) atoms. The van der Waals surface area contributed by atoms with Gasteiger partial charge in [0, 0.05) is 17.3 Å². The van der Waals surface area contributed by atoms with Crippen LogP contribution in [0.3, 0.4) is 0 Å². The van der Waals surface area contributed by atoms with Crippen LogP contribution in [0.4, 0.5) is 0 Å². The minimum absolute atomic E-state index is 0.104. The molecule has 0 fully saturated rings. The van der Waals surface area contributed by atoms with E-state index < -0.39 is 12.1 Å². The lowest BCUT2D eigenvalue weighted by molar-refractivity contribution is -0.149. The van der Waals surface area contributed by atoms with E-state index in [2.05, 4.69) is 10.3 Å². The predicted molar refractivity (Wildman–Crippen MR) is 108 cm³/mol. The van der Waals surface area contributed by atoms with Gasteiger partial charge in [0.25, 0.3) is 5.91 Å². The monoisotopic (exact) mass is 418 g/mol. The van der Waals surface area contributed by atoms with Crippen molar-refractivity contribution < 1.29 is 19.4 Å². The smallest absolute Gasteiger partial charge is 0.332 e. The van der Waals surface area contributed by atoms with E-state index in [0.29, 0.717) is 16.5 Å². The van der Waals surface area contributed by atoms with Gasteiger partial charge in [-0.25, -0.2) is 4.79 Å². The molecule has 1 unspecified atom stereocenters. The number of aromatic amines is 1. The highest BCUT2D eigenvalue weighted by Crippen LogP contribution is 2.34. The summed E-state index contributed by atoms with van der Waals surface area (Å²) in [7, 11) is 0. The maximum Gasteiger partial charge on any atom is 0.332 e. The van der Waals surface area contributed by atoms with Crippen molar-refractivity contribution in [3.63, 3.8) is 0 Å². The summed E-state index contributed by atoms with van der Waals surface area (Å²) in [6.45, 7) is 1.73. The Labute approximate surface area is 170 Å². The number of carbonyl (C=O) groups is 2. The van der Waals surface area contributed by atoms with Crippen LogP contribution in [-0.2, 0) is 16.0 Å². The van der Waals surface area contributed by atoms with Crippen molar-refractivity contribution >= 4 is 45.0 Å². The third kappa shape index (κ3) is 3.65. The van der Waals surface area contributed by atoms with Gasteiger partial charge in [-0.2, -0.15) is 0 Å². The Balaban J connectivity index is 1.52. The van der Waals surface area contributed by atoms with Crippen molar-refractivity contribution in [2.24, 2.45) is 0 Å². The predicted octanol–water partition coefficient (Wildman–Crippen LogP) is 3.81. The van der Waals surface area contributed by atoms with Crippen LogP contribution in [0.5, 0.6) is 0 Å². The number of aromatic nitrogens is 1. The molecule has 4 rings (SSSR count). The van der Waals surface area contributed by atoms with Crippen molar-refractivity contribution in [1.82, 2.24) is 10.3 Å². The van der Waals surface area contributed by atoms with Crippen molar-refractivity contribution in [3.8, 4) is 0 Å². The SMILES string of the molecule is CC(OC[C@@H]1c2ccccc2C[C@H]1NC(=O)c1cc2cc(Cl)sc2[nH]1)C(=O)O. The van der Waals surface area contributed by atoms with Crippen LogP contribution in [0, 0.1) is 0 Å². The fraction of sp³-hybridized carbons (Fsp3) is 0.300. The Morgan fingerprint density at radius 2 is 2.18 bits per heavy atom. The molecule has 0 bridgehead atoms. The van der Waals surface area contributed by atoms with E-state index in [1.807, 2.05) is 30.3 Å². The molecule has 1 aliphatic rings. The molecule has 0 saturated carbocycles. The summed E-state index contributed by atoms with van der Waals surface area (Å²) in [6, 6.07) is 11.4. The number of aliphatic carboxylic acids is 1.